The summed E-state index contributed by atoms with van der Waals surface area (Å²) in [5.74, 6) is 0.667. The molecule has 98 valence electrons. The van der Waals surface area contributed by atoms with Gasteiger partial charge in [0.15, 0.2) is 0 Å². The fourth-order valence-corrected chi connectivity index (χ4v) is 2.56. The highest BCUT2D eigenvalue weighted by atomic mass is 16.5. The lowest BCUT2D eigenvalue weighted by Gasteiger charge is -2.28. The highest BCUT2D eigenvalue weighted by Gasteiger charge is 2.21. The van der Waals surface area contributed by atoms with Gasteiger partial charge in [0.2, 0.25) is 0 Å². The predicted octanol–water partition coefficient (Wildman–Crippen LogP) is 4.70. The molecule has 0 unspecified atom stereocenters. The van der Waals surface area contributed by atoms with Gasteiger partial charge in [-0.15, -0.1) is 0 Å². The van der Waals surface area contributed by atoms with Crippen molar-refractivity contribution in [2.24, 2.45) is 0 Å². The van der Waals surface area contributed by atoms with Crippen molar-refractivity contribution in [2.75, 3.05) is 6.61 Å². The number of hydrogen-bond acceptors (Lipinski definition) is 1. The van der Waals surface area contributed by atoms with Crippen LogP contribution in [0.15, 0.2) is 42.5 Å². The molecule has 1 heteroatoms. The molecule has 1 fully saturated rings. The molecule has 1 aromatic rings. The van der Waals surface area contributed by atoms with Gasteiger partial charge in [-0.1, -0.05) is 62.2 Å². The van der Waals surface area contributed by atoms with Crippen molar-refractivity contribution < 1.29 is 4.74 Å². The van der Waals surface area contributed by atoms with Crippen LogP contribution in [0.2, 0.25) is 0 Å². The summed E-state index contributed by atoms with van der Waals surface area (Å²) in [6, 6.07) is 10.8. The van der Waals surface area contributed by atoms with Crippen LogP contribution in [0.1, 0.15) is 50.5 Å². The Hall–Kier alpha value is -1.08. The zero-order valence-electron chi connectivity index (χ0n) is 11.3. The number of hydrogen-bond donors (Lipinski definition) is 0. The van der Waals surface area contributed by atoms with Crippen molar-refractivity contribution in [3.8, 4) is 0 Å². The minimum Gasteiger partial charge on any atom is -0.374 e. The molecule has 2 atom stereocenters. The average molecular weight is 244 g/mol. The quantitative estimate of drug-likeness (QED) is 0.539. The molecule has 0 aromatic heterocycles. The SMILES string of the molecule is CCCC/C=C/[C@H]1C[C@@H](c2ccccc2)CCO1. The summed E-state index contributed by atoms with van der Waals surface area (Å²) >= 11 is 0. The molecule has 0 saturated carbocycles. The van der Waals surface area contributed by atoms with Gasteiger partial charge in [-0.3, -0.25) is 0 Å². The van der Waals surface area contributed by atoms with Gasteiger partial charge in [-0.25, -0.2) is 0 Å². The maximum atomic E-state index is 5.82. The van der Waals surface area contributed by atoms with E-state index in [0.717, 1.165) is 19.4 Å². The molecule has 1 saturated heterocycles. The summed E-state index contributed by atoms with van der Waals surface area (Å²) in [5.41, 5.74) is 1.47. The molecular weight excluding hydrogens is 220 g/mol. The van der Waals surface area contributed by atoms with E-state index in [1.165, 1.54) is 24.8 Å². The lowest BCUT2D eigenvalue weighted by Crippen LogP contribution is -2.22. The van der Waals surface area contributed by atoms with Crippen LogP contribution in [0, 0.1) is 0 Å². The molecule has 1 heterocycles. The molecule has 0 radical (unpaired) electrons. The van der Waals surface area contributed by atoms with E-state index in [0.29, 0.717) is 12.0 Å². The Morgan fingerprint density at radius 2 is 2.11 bits per heavy atom. The first-order chi connectivity index (χ1) is 8.90. The summed E-state index contributed by atoms with van der Waals surface area (Å²) in [6.07, 6.45) is 10.9. The molecule has 0 amide bonds. The minimum absolute atomic E-state index is 0.320. The maximum Gasteiger partial charge on any atom is 0.0761 e. The van der Waals surface area contributed by atoms with E-state index in [9.17, 15) is 0 Å². The van der Waals surface area contributed by atoms with Gasteiger partial charge in [0, 0.05) is 6.61 Å². The van der Waals surface area contributed by atoms with Gasteiger partial charge in [-0.05, 0) is 30.7 Å². The predicted molar refractivity (Wildman–Crippen MR) is 76.8 cm³/mol. The lowest BCUT2D eigenvalue weighted by atomic mass is 9.88. The monoisotopic (exact) mass is 244 g/mol. The van der Waals surface area contributed by atoms with Crippen LogP contribution in [0.5, 0.6) is 0 Å². The topological polar surface area (TPSA) is 9.23 Å². The third-order valence-corrected chi connectivity index (χ3v) is 3.66. The van der Waals surface area contributed by atoms with E-state index in [1.54, 1.807) is 0 Å². The summed E-state index contributed by atoms with van der Waals surface area (Å²) in [6.45, 7) is 3.12. The number of benzene rings is 1. The third-order valence-electron chi connectivity index (χ3n) is 3.66. The number of allylic oxidation sites excluding steroid dienone is 1. The summed E-state index contributed by atoms with van der Waals surface area (Å²) in [4.78, 5) is 0. The smallest absolute Gasteiger partial charge is 0.0761 e. The maximum absolute atomic E-state index is 5.82. The Labute approximate surface area is 111 Å². The molecule has 0 aliphatic carbocycles. The van der Waals surface area contributed by atoms with E-state index in [2.05, 4.69) is 49.4 Å². The number of rotatable bonds is 5. The van der Waals surface area contributed by atoms with Crippen LogP contribution < -0.4 is 0 Å². The lowest BCUT2D eigenvalue weighted by molar-refractivity contribution is 0.0361. The van der Waals surface area contributed by atoms with Crippen molar-refractivity contribution in [3.63, 3.8) is 0 Å². The fourth-order valence-electron chi connectivity index (χ4n) is 2.56. The van der Waals surface area contributed by atoms with Crippen LogP contribution >= 0.6 is 0 Å². The first-order valence-electron chi connectivity index (χ1n) is 7.23. The molecule has 0 N–H and O–H groups in total. The van der Waals surface area contributed by atoms with Crippen molar-refractivity contribution in [3.05, 3.63) is 48.0 Å². The van der Waals surface area contributed by atoms with Crippen LogP contribution in [-0.4, -0.2) is 12.7 Å². The standard InChI is InChI=1S/C17H24O/c1-2-3-4-8-11-17-14-16(12-13-18-17)15-9-6-5-7-10-15/h5-11,16-17H,2-4,12-14H2,1H3/b11-8+/t16-,17-/m0/s1. The highest BCUT2D eigenvalue weighted by molar-refractivity contribution is 5.20. The highest BCUT2D eigenvalue weighted by Crippen LogP contribution is 2.30. The van der Waals surface area contributed by atoms with Gasteiger partial charge < -0.3 is 4.74 Å². The second-order valence-corrected chi connectivity index (χ2v) is 5.11. The second-order valence-electron chi connectivity index (χ2n) is 5.11. The third kappa shape index (κ3) is 3.99. The van der Waals surface area contributed by atoms with Gasteiger partial charge >= 0.3 is 0 Å². The zero-order valence-corrected chi connectivity index (χ0v) is 11.3. The van der Waals surface area contributed by atoms with E-state index >= 15 is 0 Å². The summed E-state index contributed by atoms with van der Waals surface area (Å²) < 4.78 is 5.82. The second kappa shape index (κ2) is 7.38. The normalized spacial score (nSPS) is 24.5. The molecular formula is C17H24O. The van der Waals surface area contributed by atoms with Crippen LogP contribution in [0.25, 0.3) is 0 Å². The Kier molecular flexibility index (Phi) is 5.47. The van der Waals surface area contributed by atoms with Crippen molar-refractivity contribution in [1.29, 1.82) is 0 Å². The Balaban J connectivity index is 1.87. The molecule has 18 heavy (non-hydrogen) atoms. The van der Waals surface area contributed by atoms with Crippen LogP contribution in [-0.2, 0) is 4.74 Å². The van der Waals surface area contributed by atoms with Crippen molar-refractivity contribution in [1.82, 2.24) is 0 Å². The molecule has 1 aromatic carbocycles. The van der Waals surface area contributed by atoms with Gasteiger partial charge in [0.05, 0.1) is 6.10 Å². The molecule has 1 aliphatic rings. The Morgan fingerprint density at radius 1 is 1.28 bits per heavy atom. The summed E-state index contributed by atoms with van der Waals surface area (Å²) in [5, 5.41) is 0. The molecule has 1 nitrogen and oxygen atoms in total. The Bertz CT molecular complexity index is 355. The van der Waals surface area contributed by atoms with Gasteiger partial charge in [0.1, 0.15) is 0 Å². The zero-order chi connectivity index (χ0) is 12.6. The molecule has 0 spiro atoms. The van der Waals surface area contributed by atoms with E-state index in [1.807, 2.05) is 0 Å². The number of unbranched alkanes of at least 4 members (excludes halogenated alkanes) is 2. The number of ether oxygens (including phenoxy) is 1. The Morgan fingerprint density at radius 3 is 2.89 bits per heavy atom. The van der Waals surface area contributed by atoms with Crippen molar-refractivity contribution in [2.45, 2.75) is 51.0 Å². The van der Waals surface area contributed by atoms with E-state index in [-0.39, 0.29) is 0 Å². The fraction of sp³-hybridized carbons (Fsp3) is 0.529. The van der Waals surface area contributed by atoms with Crippen LogP contribution in [0.3, 0.4) is 0 Å². The first kappa shape index (κ1) is 13.4. The van der Waals surface area contributed by atoms with Gasteiger partial charge in [-0.2, -0.15) is 0 Å². The van der Waals surface area contributed by atoms with Crippen LogP contribution in [0.4, 0.5) is 0 Å². The first-order valence-corrected chi connectivity index (χ1v) is 7.23. The van der Waals surface area contributed by atoms with Gasteiger partial charge in [0.25, 0.3) is 0 Å². The summed E-state index contributed by atoms with van der Waals surface area (Å²) in [7, 11) is 0. The molecule has 0 bridgehead atoms. The largest absolute Gasteiger partial charge is 0.374 e. The molecule has 1 aliphatic heterocycles. The molecule has 2 rings (SSSR count). The van der Waals surface area contributed by atoms with E-state index in [4.69, 9.17) is 4.74 Å². The van der Waals surface area contributed by atoms with E-state index < -0.39 is 0 Å². The van der Waals surface area contributed by atoms with Crippen molar-refractivity contribution >= 4 is 0 Å². The minimum atomic E-state index is 0.320. The average Bonchev–Trinajstić information content (AvgIpc) is 2.45.